The quantitative estimate of drug-likeness (QED) is 0.818. The molecule has 0 aliphatic heterocycles. The summed E-state index contributed by atoms with van der Waals surface area (Å²) < 4.78 is 31.6. The Morgan fingerprint density at radius 3 is 2.60 bits per heavy atom. The van der Waals surface area contributed by atoms with Gasteiger partial charge in [0, 0.05) is 11.6 Å². The Morgan fingerprint density at radius 1 is 1.53 bits per heavy atom. The maximum absolute atomic E-state index is 13.6. The Hall–Kier alpha value is -0.870. The van der Waals surface area contributed by atoms with E-state index >= 15 is 0 Å². The first-order valence-electron chi connectivity index (χ1n) is 4.44. The lowest BCUT2D eigenvalue weighted by Gasteiger charge is -2.15. The average molecular weight is 236 g/mol. The van der Waals surface area contributed by atoms with Crippen molar-refractivity contribution >= 4 is 11.6 Å². The number of halogens is 3. The van der Waals surface area contributed by atoms with E-state index in [0.29, 0.717) is 0 Å². The minimum atomic E-state index is -0.834. The Balaban J connectivity index is 3.40. The third-order valence-corrected chi connectivity index (χ3v) is 2.57. The van der Waals surface area contributed by atoms with Crippen LogP contribution in [0.25, 0.3) is 0 Å². The van der Waals surface area contributed by atoms with Crippen LogP contribution >= 0.6 is 11.6 Å². The van der Waals surface area contributed by atoms with Crippen LogP contribution in [0.2, 0.25) is 5.02 Å². The monoisotopic (exact) mass is 235 g/mol. The maximum atomic E-state index is 13.6. The van der Waals surface area contributed by atoms with Crippen LogP contribution in [0.4, 0.5) is 8.78 Å². The van der Waals surface area contributed by atoms with E-state index in [2.05, 4.69) is 0 Å². The van der Waals surface area contributed by atoms with Gasteiger partial charge in [0.05, 0.1) is 7.11 Å². The molecule has 1 atom stereocenters. The van der Waals surface area contributed by atoms with Crippen LogP contribution in [0.5, 0.6) is 5.75 Å². The second-order valence-electron chi connectivity index (χ2n) is 3.24. The van der Waals surface area contributed by atoms with Crippen molar-refractivity contribution in [3.63, 3.8) is 0 Å². The Kier molecular flexibility index (Phi) is 3.88. The van der Waals surface area contributed by atoms with Crippen LogP contribution in [0.15, 0.2) is 6.07 Å². The lowest BCUT2D eigenvalue weighted by Crippen LogP contribution is -2.12. The van der Waals surface area contributed by atoms with Gasteiger partial charge < -0.3 is 10.5 Å². The molecule has 0 bridgehead atoms. The highest BCUT2D eigenvalue weighted by atomic mass is 35.5. The Bertz CT molecular complexity index is 371. The highest BCUT2D eigenvalue weighted by molar-refractivity contribution is 6.31. The molecule has 0 radical (unpaired) electrons. The summed E-state index contributed by atoms with van der Waals surface area (Å²) in [5, 5.41) is -0.522. The van der Waals surface area contributed by atoms with Crippen molar-refractivity contribution < 1.29 is 13.5 Å². The molecule has 0 heterocycles. The molecule has 0 spiro atoms. The first-order valence-corrected chi connectivity index (χ1v) is 4.82. The average Bonchev–Trinajstić information content (AvgIpc) is 2.24. The van der Waals surface area contributed by atoms with Crippen LogP contribution in [0, 0.1) is 11.6 Å². The molecule has 15 heavy (non-hydrogen) atoms. The van der Waals surface area contributed by atoms with Crippen LogP contribution in [0.3, 0.4) is 0 Å². The van der Waals surface area contributed by atoms with Crippen molar-refractivity contribution in [3.05, 3.63) is 28.3 Å². The van der Waals surface area contributed by atoms with Gasteiger partial charge >= 0.3 is 0 Å². The molecule has 0 aromatic heterocycles. The van der Waals surface area contributed by atoms with Crippen molar-refractivity contribution in [2.75, 3.05) is 13.7 Å². The Labute approximate surface area is 92.0 Å². The van der Waals surface area contributed by atoms with E-state index < -0.39 is 16.7 Å². The molecule has 1 aromatic carbocycles. The van der Waals surface area contributed by atoms with Gasteiger partial charge in [-0.15, -0.1) is 0 Å². The van der Waals surface area contributed by atoms with E-state index in [1.807, 2.05) is 0 Å². The fourth-order valence-corrected chi connectivity index (χ4v) is 1.49. The third-order valence-electron chi connectivity index (χ3n) is 2.23. The van der Waals surface area contributed by atoms with Gasteiger partial charge in [-0.05, 0) is 12.5 Å². The molecule has 2 nitrogen and oxygen atoms in total. The first kappa shape index (κ1) is 12.2. The minimum Gasteiger partial charge on any atom is -0.496 e. The second kappa shape index (κ2) is 4.77. The summed E-state index contributed by atoms with van der Waals surface area (Å²) in [5.74, 6) is -1.78. The molecule has 0 aliphatic carbocycles. The van der Waals surface area contributed by atoms with E-state index in [-0.39, 0.29) is 23.8 Å². The normalized spacial score (nSPS) is 12.7. The number of methoxy groups -OCH3 is 1. The summed E-state index contributed by atoms with van der Waals surface area (Å²) in [5.41, 5.74) is 5.64. The first-order chi connectivity index (χ1) is 7.02. The SMILES string of the molecule is COc1cc(F)c(Cl)c(F)c1C(C)CN. The van der Waals surface area contributed by atoms with E-state index in [1.165, 1.54) is 7.11 Å². The summed E-state index contributed by atoms with van der Waals surface area (Å²) in [6.07, 6.45) is 0. The predicted molar refractivity (Wildman–Crippen MR) is 55.4 cm³/mol. The van der Waals surface area contributed by atoms with Gasteiger partial charge in [0.25, 0.3) is 0 Å². The fourth-order valence-electron chi connectivity index (χ4n) is 1.33. The number of hydrogen-bond acceptors (Lipinski definition) is 2. The lowest BCUT2D eigenvalue weighted by atomic mass is 9.99. The highest BCUT2D eigenvalue weighted by Crippen LogP contribution is 2.34. The highest BCUT2D eigenvalue weighted by Gasteiger charge is 2.21. The summed E-state index contributed by atoms with van der Waals surface area (Å²) in [6, 6.07) is 1.06. The molecule has 0 fully saturated rings. The zero-order valence-corrected chi connectivity index (χ0v) is 9.24. The summed E-state index contributed by atoms with van der Waals surface area (Å²) in [6.45, 7) is 1.95. The van der Waals surface area contributed by atoms with Crippen molar-refractivity contribution in [3.8, 4) is 5.75 Å². The molecule has 0 aliphatic rings. The molecular weight excluding hydrogens is 224 g/mol. The zero-order chi connectivity index (χ0) is 11.6. The molecule has 0 saturated heterocycles. The van der Waals surface area contributed by atoms with Crippen LogP contribution in [-0.2, 0) is 0 Å². The molecule has 0 saturated carbocycles. The number of ether oxygens (including phenoxy) is 1. The number of hydrogen-bond donors (Lipinski definition) is 1. The molecule has 1 aromatic rings. The van der Waals surface area contributed by atoms with Crippen molar-refractivity contribution in [2.24, 2.45) is 5.73 Å². The maximum Gasteiger partial charge on any atom is 0.151 e. The molecule has 5 heteroatoms. The van der Waals surface area contributed by atoms with E-state index in [0.717, 1.165) is 6.07 Å². The molecule has 0 amide bonds. The molecule has 1 rings (SSSR count). The Morgan fingerprint density at radius 2 is 2.13 bits per heavy atom. The van der Waals surface area contributed by atoms with Gasteiger partial charge in [0.2, 0.25) is 0 Å². The zero-order valence-electron chi connectivity index (χ0n) is 8.48. The topological polar surface area (TPSA) is 35.2 Å². The lowest BCUT2D eigenvalue weighted by molar-refractivity contribution is 0.395. The van der Waals surface area contributed by atoms with Crippen LogP contribution in [0.1, 0.15) is 18.4 Å². The van der Waals surface area contributed by atoms with E-state index in [4.69, 9.17) is 22.1 Å². The van der Waals surface area contributed by atoms with Gasteiger partial charge in [-0.3, -0.25) is 0 Å². The summed E-state index contributed by atoms with van der Waals surface area (Å²) in [4.78, 5) is 0. The van der Waals surface area contributed by atoms with Crippen molar-refractivity contribution in [1.82, 2.24) is 0 Å². The summed E-state index contributed by atoms with van der Waals surface area (Å²) >= 11 is 5.47. The molecular formula is C10H12ClF2NO. The molecule has 1 unspecified atom stereocenters. The molecule has 2 N–H and O–H groups in total. The number of rotatable bonds is 3. The largest absolute Gasteiger partial charge is 0.496 e. The standard InChI is InChI=1S/C10H12ClF2NO/c1-5(4-14)8-7(15-2)3-6(12)9(11)10(8)13/h3,5H,4,14H2,1-2H3. The van der Waals surface area contributed by atoms with E-state index in [9.17, 15) is 8.78 Å². The summed E-state index contributed by atoms with van der Waals surface area (Å²) in [7, 11) is 1.34. The predicted octanol–water partition coefficient (Wildman–Crippen LogP) is 2.69. The number of nitrogens with two attached hydrogens (primary N) is 1. The van der Waals surface area contributed by atoms with Gasteiger partial charge in [-0.2, -0.15) is 0 Å². The fraction of sp³-hybridized carbons (Fsp3) is 0.400. The van der Waals surface area contributed by atoms with Crippen LogP contribution < -0.4 is 10.5 Å². The molecule has 84 valence electrons. The third kappa shape index (κ3) is 2.21. The van der Waals surface area contributed by atoms with Crippen molar-refractivity contribution in [1.29, 1.82) is 0 Å². The number of benzene rings is 1. The van der Waals surface area contributed by atoms with Gasteiger partial charge in [0.15, 0.2) is 5.82 Å². The van der Waals surface area contributed by atoms with Crippen LogP contribution in [-0.4, -0.2) is 13.7 Å². The van der Waals surface area contributed by atoms with E-state index in [1.54, 1.807) is 6.92 Å². The smallest absolute Gasteiger partial charge is 0.151 e. The second-order valence-corrected chi connectivity index (χ2v) is 3.62. The van der Waals surface area contributed by atoms with Crippen molar-refractivity contribution in [2.45, 2.75) is 12.8 Å². The van der Waals surface area contributed by atoms with Gasteiger partial charge in [-0.25, -0.2) is 8.78 Å². The van der Waals surface area contributed by atoms with Gasteiger partial charge in [-0.1, -0.05) is 18.5 Å². The van der Waals surface area contributed by atoms with Gasteiger partial charge in [0.1, 0.15) is 16.6 Å². The minimum absolute atomic E-state index is 0.132.